The highest BCUT2D eigenvalue weighted by Crippen LogP contribution is 2.34. The number of benzene rings is 1. The van der Waals surface area contributed by atoms with Gasteiger partial charge in [0, 0.05) is 0 Å². The average Bonchev–Trinajstić information content (AvgIpc) is 2.45. The third-order valence-electron chi connectivity index (χ3n) is 3.91. The first-order chi connectivity index (χ1) is 9.93. The van der Waals surface area contributed by atoms with Gasteiger partial charge in [-0.3, -0.25) is 0 Å². The summed E-state index contributed by atoms with van der Waals surface area (Å²) < 4.78 is 43.5. The number of fused-ring (bicyclic) bond motifs is 1. The molecule has 0 saturated heterocycles. The van der Waals surface area contributed by atoms with Gasteiger partial charge in [-0.15, -0.1) is 0 Å². The third kappa shape index (κ3) is 3.98. The predicted octanol–water partition coefficient (Wildman–Crippen LogP) is 4.01. The monoisotopic (exact) mass is 301 g/mol. The lowest BCUT2D eigenvalue weighted by atomic mass is 9.85. The smallest absolute Gasteiger partial charge is 0.364 e. The molecule has 2 nitrogen and oxygen atoms in total. The van der Waals surface area contributed by atoms with Gasteiger partial charge in [0.1, 0.15) is 0 Å². The molecule has 0 saturated carbocycles. The van der Waals surface area contributed by atoms with Crippen molar-refractivity contribution < 1.29 is 17.9 Å². The number of hydrogen-bond acceptors (Lipinski definition) is 2. The van der Waals surface area contributed by atoms with Gasteiger partial charge in [-0.1, -0.05) is 31.2 Å². The Morgan fingerprint density at radius 3 is 2.71 bits per heavy atom. The predicted molar refractivity (Wildman–Crippen MR) is 76.2 cm³/mol. The Balaban J connectivity index is 2.17. The standard InChI is InChI=1S/C16H22F3NO/c1-3-10-20-15-13-7-5-4-6-12(13)8-9-14(15)21-11(2)16(17,18)19/h4-7,11,14-15,20H,3,8-10H2,1-2H3. The van der Waals surface area contributed by atoms with Gasteiger partial charge >= 0.3 is 6.18 Å². The van der Waals surface area contributed by atoms with Gasteiger partial charge in [-0.2, -0.15) is 13.2 Å². The van der Waals surface area contributed by atoms with E-state index in [2.05, 4.69) is 5.32 Å². The molecule has 0 amide bonds. The Labute approximate surface area is 123 Å². The van der Waals surface area contributed by atoms with Gasteiger partial charge in [0.25, 0.3) is 0 Å². The van der Waals surface area contributed by atoms with E-state index in [9.17, 15) is 13.2 Å². The summed E-state index contributed by atoms with van der Waals surface area (Å²) in [6.07, 6.45) is -4.19. The summed E-state index contributed by atoms with van der Waals surface area (Å²) in [5.41, 5.74) is 2.27. The summed E-state index contributed by atoms with van der Waals surface area (Å²) in [7, 11) is 0. The molecule has 0 radical (unpaired) electrons. The normalized spacial score (nSPS) is 23.7. The van der Waals surface area contributed by atoms with Gasteiger partial charge in [0.15, 0.2) is 6.10 Å². The van der Waals surface area contributed by atoms with Crippen molar-refractivity contribution in [3.63, 3.8) is 0 Å². The molecule has 1 aromatic carbocycles. The minimum absolute atomic E-state index is 0.167. The van der Waals surface area contributed by atoms with Crippen LogP contribution in [0.25, 0.3) is 0 Å². The lowest BCUT2D eigenvalue weighted by Crippen LogP contribution is -2.42. The molecule has 0 aromatic heterocycles. The van der Waals surface area contributed by atoms with Crippen LogP contribution in [0.4, 0.5) is 13.2 Å². The molecule has 1 N–H and O–H groups in total. The highest BCUT2D eigenvalue weighted by atomic mass is 19.4. The molecule has 0 heterocycles. The number of ether oxygens (including phenoxy) is 1. The van der Waals surface area contributed by atoms with E-state index in [4.69, 9.17) is 4.74 Å². The summed E-state index contributed by atoms with van der Waals surface area (Å²) in [6.45, 7) is 3.88. The number of nitrogens with one attached hydrogen (secondary N) is 1. The van der Waals surface area contributed by atoms with Crippen LogP contribution in [0.3, 0.4) is 0 Å². The number of hydrogen-bond donors (Lipinski definition) is 1. The molecule has 118 valence electrons. The lowest BCUT2D eigenvalue weighted by Gasteiger charge is -2.36. The minimum Gasteiger partial charge on any atom is -0.364 e. The molecule has 1 aromatic rings. The highest BCUT2D eigenvalue weighted by Gasteiger charge is 2.41. The van der Waals surface area contributed by atoms with E-state index in [-0.39, 0.29) is 6.04 Å². The molecule has 1 aliphatic rings. The molecule has 3 atom stereocenters. The van der Waals surface area contributed by atoms with Crippen molar-refractivity contribution in [1.29, 1.82) is 0 Å². The minimum atomic E-state index is -4.31. The van der Waals surface area contributed by atoms with E-state index in [0.29, 0.717) is 6.42 Å². The molecular formula is C16H22F3NO. The largest absolute Gasteiger partial charge is 0.414 e. The third-order valence-corrected chi connectivity index (χ3v) is 3.91. The van der Waals surface area contributed by atoms with Crippen LogP contribution in [0.1, 0.15) is 43.9 Å². The Kier molecular flexibility index (Phi) is 5.27. The molecular weight excluding hydrogens is 279 g/mol. The Bertz CT molecular complexity index is 461. The Hall–Kier alpha value is -1.07. The summed E-state index contributed by atoms with van der Waals surface area (Å²) in [5, 5.41) is 3.34. The number of aryl methyl sites for hydroxylation is 1. The second-order valence-electron chi connectivity index (χ2n) is 5.53. The SMILES string of the molecule is CCCNC1c2ccccc2CCC1OC(C)C(F)(F)F. The summed E-state index contributed by atoms with van der Waals surface area (Å²) in [5.74, 6) is 0. The summed E-state index contributed by atoms with van der Waals surface area (Å²) >= 11 is 0. The maximum Gasteiger partial charge on any atom is 0.414 e. The number of alkyl halides is 3. The molecule has 21 heavy (non-hydrogen) atoms. The second kappa shape index (κ2) is 6.79. The highest BCUT2D eigenvalue weighted by molar-refractivity contribution is 5.33. The van der Waals surface area contributed by atoms with Crippen LogP contribution in [0.15, 0.2) is 24.3 Å². The van der Waals surface area contributed by atoms with Crippen LogP contribution < -0.4 is 5.32 Å². The lowest BCUT2D eigenvalue weighted by molar-refractivity contribution is -0.231. The maximum absolute atomic E-state index is 12.7. The van der Waals surface area contributed by atoms with Crippen LogP contribution in [0.2, 0.25) is 0 Å². The molecule has 2 rings (SSSR count). The van der Waals surface area contributed by atoms with Crippen LogP contribution in [0, 0.1) is 0 Å². The van der Waals surface area contributed by atoms with Gasteiger partial charge in [-0.05, 0) is 43.9 Å². The van der Waals surface area contributed by atoms with Crippen molar-refractivity contribution in [2.45, 2.75) is 57.5 Å². The van der Waals surface area contributed by atoms with Gasteiger partial charge in [-0.25, -0.2) is 0 Å². The maximum atomic E-state index is 12.7. The average molecular weight is 301 g/mol. The molecule has 5 heteroatoms. The first-order valence-electron chi connectivity index (χ1n) is 7.46. The van der Waals surface area contributed by atoms with Crippen molar-refractivity contribution in [3.8, 4) is 0 Å². The fourth-order valence-electron chi connectivity index (χ4n) is 2.76. The first kappa shape index (κ1) is 16.3. The van der Waals surface area contributed by atoms with Crippen LogP contribution in [-0.4, -0.2) is 24.9 Å². The van der Waals surface area contributed by atoms with E-state index in [1.165, 1.54) is 5.56 Å². The van der Waals surface area contributed by atoms with Crippen molar-refractivity contribution in [2.24, 2.45) is 0 Å². The van der Waals surface area contributed by atoms with Gasteiger partial charge < -0.3 is 10.1 Å². The fourth-order valence-corrected chi connectivity index (χ4v) is 2.76. The molecule has 0 bridgehead atoms. The van der Waals surface area contributed by atoms with E-state index in [0.717, 1.165) is 31.9 Å². The zero-order chi connectivity index (χ0) is 15.5. The zero-order valence-electron chi connectivity index (χ0n) is 12.4. The van der Waals surface area contributed by atoms with Crippen molar-refractivity contribution in [3.05, 3.63) is 35.4 Å². The van der Waals surface area contributed by atoms with Crippen molar-refractivity contribution >= 4 is 0 Å². The van der Waals surface area contributed by atoms with Crippen molar-refractivity contribution in [2.75, 3.05) is 6.54 Å². The van der Waals surface area contributed by atoms with Crippen molar-refractivity contribution in [1.82, 2.24) is 5.32 Å². The number of rotatable bonds is 5. The second-order valence-corrected chi connectivity index (χ2v) is 5.53. The quantitative estimate of drug-likeness (QED) is 0.887. The van der Waals surface area contributed by atoms with Gasteiger partial charge in [0.05, 0.1) is 12.1 Å². The molecule has 1 aliphatic carbocycles. The molecule has 3 unspecified atom stereocenters. The fraction of sp³-hybridized carbons (Fsp3) is 0.625. The van der Waals surface area contributed by atoms with Crippen LogP contribution in [-0.2, 0) is 11.2 Å². The van der Waals surface area contributed by atoms with E-state index in [1.807, 2.05) is 31.2 Å². The molecule has 0 spiro atoms. The van der Waals surface area contributed by atoms with E-state index in [1.54, 1.807) is 0 Å². The first-order valence-corrected chi connectivity index (χ1v) is 7.46. The van der Waals surface area contributed by atoms with Crippen LogP contribution in [0.5, 0.6) is 0 Å². The van der Waals surface area contributed by atoms with E-state index >= 15 is 0 Å². The molecule has 0 fully saturated rings. The van der Waals surface area contributed by atoms with Crippen LogP contribution >= 0.6 is 0 Å². The molecule has 0 aliphatic heterocycles. The zero-order valence-corrected chi connectivity index (χ0v) is 12.4. The van der Waals surface area contributed by atoms with Gasteiger partial charge in [0.2, 0.25) is 0 Å². The van der Waals surface area contributed by atoms with E-state index < -0.39 is 18.4 Å². The number of halogens is 3. The summed E-state index contributed by atoms with van der Waals surface area (Å²) in [4.78, 5) is 0. The Morgan fingerprint density at radius 2 is 2.05 bits per heavy atom. The summed E-state index contributed by atoms with van der Waals surface area (Å²) in [6, 6.07) is 7.75. The Morgan fingerprint density at radius 1 is 1.33 bits per heavy atom. The topological polar surface area (TPSA) is 21.3 Å².